The number of amides is 1. The van der Waals surface area contributed by atoms with Crippen LogP contribution in [-0.2, 0) is 24.2 Å². The lowest BCUT2D eigenvalue weighted by molar-refractivity contribution is -0.131. The molecule has 3 rings (SSSR count). The molecule has 0 aliphatic carbocycles. The van der Waals surface area contributed by atoms with Crippen LogP contribution in [-0.4, -0.2) is 22.5 Å². The fourth-order valence-electron chi connectivity index (χ4n) is 2.48. The summed E-state index contributed by atoms with van der Waals surface area (Å²) in [6.07, 6.45) is 1.36. The zero-order valence-corrected chi connectivity index (χ0v) is 11.9. The van der Waals surface area contributed by atoms with Gasteiger partial charge in [0.2, 0.25) is 5.91 Å². The fraction of sp³-hybridized carbons (Fsp3) is 0.429. The number of thiophene rings is 1. The molecule has 0 fully saturated rings. The molecule has 5 heteroatoms. The van der Waals surface area contributed by atoms with Gasteiger partial charge in [-0.1, -0.05) is 5.16 Å². The molecule has 1 amide bonds. The number of rotatable bonds is 2. The van der Waals surface area contributed by atoms with Crippen molar-refractivity contribution in [2.45, 2.75) is 33.2 Å². The first-order valence-electron chi connectivity index (χ1n) is 6.40. The van der Waals surface area contributed by atoms with Gasteiger partial charge in [-0.05, 0) is 37.3 Å². The number of nitrogens with zero attached hydrogens (tertiary/aromatic N) is 2. The second-order valence-electron chi connectivity index (χ2n) is 4.91. The van der Waals surface area contributed by atoms with Crippen molar-refractivity contribution in [3.05, 3.63) is 38.9 Å². The molecule has 2 aromatic heterocycles. The maximum atomic E-state index is 12.4. The standard InChI is InChI=1S/C14H16N2O2S/c1-9-12(10(2)18-15-9)7-14(17)16-5-3-13-11(8-16)4-6-19-13/h4,6H,3,5,7-8H2,1-2H3. The van der Waals surface area contributed by atoms with Gasteiger partial charge in [0.25, 0.3) is 0 Å². The summed E-state index contributed by atoms with van der Waals surface area (Å²) < 4.78 is 5.11. The largest absolute Gasteiger partial charge is 0.361 e. The minimum absolute atomic E-state index is 0.159. The molecular weight excluding hydrogens is 260 g/mol. The summed E-state index contributed by atoms with van der Waals surface area (Å²) in [5.41, 5.74) is 3.04. The first-order valence-corrected chi connectivity index (χ1v) is 7.28. The molecule has 0 bridgehead atoms. The third-order valence-electron chi connectivity index (χ3n) is 3.67. The maximum absolute atomic E-state index is 12.4. The number of aromatic nitrogens is 1. The molecule has 19 heavy (non-hydrogen) atoms. The van der Waals surface area contributed by atoms with Crippen molar-refractivity contribution in [1.29, 1.82) is 0 Å². The van der Waals surface area contributed by atoms with Crippen LogP contribution in [0.3, 0.4) is 0 Å². The van der Waals surface area contributed by atoms with Crippen molar-refractivity contribution in [3.8, 4) is 0 Å². The van der Waals surface area contributed by atoms with E-state index in [9.17, 15) is 4.79 Å². The van der Waals surface area contributed by atoms with Crippen molar-refractivity contribution in [2.24, 2.45) is 0 Å². The summed E-state index contributed by atoms with van der Waals surface area (Å²) in [4.78, 5) is 15.7. The lowest BCUT2D eigenvalue weighted by Crippen LogP contribution is -2.36. The van der Waals surface area contributed by atoms with E-state index in [1.807, 2.05) is 18.7 Å². The van der Waals surface area contributed by atoms with Gasteiger partial charge in [-0.25, -0.2) is 0 Å². The molecule has 0 saturated heterocycles. The average Bonchev–Trinajstić information content (AvgIpc) is 2.99. The lowest BCUT2D eigenvalue weighted by atomic mass is 10.1. The summed E-state index contributed by atoms with van der Waals surface area (Å²) in [6.45, 7) is 5.29. The van der Waals surface area contributed by atoms with E-state index in [-0.39, 0.29) is 5.91 Å². The SMILES string of the molecule is Cc1noc(C)c1CC(=O)N1CCc2sccc2C1. The van der Waals surface area contributed by atoms with Gasteiger partial charge >= 0.3 is 0 Å². The predicted octanol–water partition coefficient (Wildman–Crippen LogP) is 2.48. The van der Waals surface area contributed by atoms with Crippen LogP contribution in [0.25, 0.3) is 0 Å². The van der Waals surface area contributed by atoms with Crippen LogP contribution in [0, 0.1) is 13.8 Å². The normalized spacial score (nSPS) is 14.5. The predicted molar refractivity (Wildman–Crippen MR) is 73.1 cm³/mol. The summed E-state index contributed by atoms with van der Waals surface area (Å²) in [5.74, 6) is 0.908. The second-order valence-corrected chi connectivity index (χ2v) is 5.91. The molecule has 1 aliphatic rings. The topological polar surface area (TPSA) is 46.3 Å². The number of aryl methyl sites for hydroxylation is 2. The highest BCUT2D eigenvalue weighted by Crippen LogP contribution is 2.25. The van der Waals surface area contributed by atoms with Crippen molar-refractivity contribution in [2.75, 3.05) is 6.54 Å². The fourth-order valence-corrected chi connectivity index (χ4v) is 3.37. The molecule has 0 atom stereocenters. The highest BCUT2D eigenvalue weighted by atomic mass is 32.1. The van der Waals surface area contributed by atoms with Gasteiger partial charge in [0.15, 0.2) is 0 Å². The van der Waals surface area contributed by atoms with Crippen molar-refractivity contribution in [3.63, 3.8) is 0 Å². The second kappa shape index (κ2) is 4.81. The molecule has 3 heterocycles. The molecule has 0 N–H and O–H groups in total. The Balaban J connectivity index is 1.72. The Hall–Kier alpha value is -1.62. The van der Waals surface area contributed by atoms with Gasteiger partial charge in [-0.2, -0.15) is 0 Å². The van der Waals surface area contributed by atoms with Crippen LogP contribution in [0.4, 0.5) is 0 Å². The van der Waals surface area contributed by atoms with Crippen molar-refractivity contribution >= 4 is 17.2 Å². The monoisotopic (exact) mass is 276 g/mol. The van der Waals surface area contributed by atoms with Gasteiger partial charge in [-0.15, -0.1) is 11.3 Å². The molecule has 0 aromatic carbocycles. The van der Waals surface area contributed by atoms with Crippen molar-refractivity contribution < 1.29 is 9.32 Å². The van der Waals surface area contributed by atoms with E-state index in [1.165, 1.54) is 10.4 Å². The molecule has 0 spiro atoms. The Morgan fingerprint density at radius 1 is 1.53 bits per heavy atom. The van der Waals surface area contributed by atoms with E-state index in [0.29, 0.717) is 6.42 Å². The van der Waals surface area contributed by atoms with E-state index >= 15 is 0 Å². The number of hydrogen-bond donors (Lipinski definition) is 0. The van der Waals surface area contributed by atoms with Crippen LogP contribution in [0.5, 0.6) is 0 Å². The Morgan fingerprint density at radius 3 is 3.11 bits per heavy atom. The average molecular weight is 276 g/mol. The van der Waals surface area contributed by atoms with Crippen LogP contribution in [0.2, 0.25) is 0 Å². The smallest absolute Gasteiger partial charge is 0.227 e. The third-order valence-corrected chi connectivity index (χ3v) is 4.69. The van der Waals surface area contributed by atoms with E-state index in [1.54, 1.807) is 11.3 Å². The summed E-state index contributed by atoms with van der Waals surface area (Å²) in [6, 6.07) is 2.12. The Kier molecular flexibility index (Phi) is 3.14. The lowest BCUT2D eigenvalue weighted by Gasteiger charge is -2.27. The number of carbonyl (C=O) groups is 1. The summed E-state index contributed by atoms with van der Waals surface area (Å²) >= 11 is 1.79. The van der Waals surface area contributed by atoms with E-state index in [2.05, 4.69) is 16.6 Å². The first kappa shape index (κ1) is 12.4. The zero-order valence-electron chi connectivity index (χ0n) is 11.1. The zero-order chi connectivity index (χ0) is 13.4. The third kappa shape index (κ3) is 2.30. The first-order chi connectivity index (χ1) is 9.15. The van der Waals surface area contributed by atoms with E-state index < -0.39 is 0 Å². The van der Waals surface area contributed by atoms with Gasteiger partial charge in [0.1, 0.15) is 5.76 Å². The quantitative estimate of drug-likeness (QED) is 0.846. The van der Waals surface area contributed by atoms with E-state index in [0.717, 1.165) is 36.5 Å². The van der Waals surface area contributed by atoms with Gasteiger partial charge in [-0.3, -0.25) is 4.79 Å². The van der Waals surface area contributed by atoms with Gasteiger partial charge in [0, 0.05) is 23.5 Å². The number of fused-ring (bicyclic) bond motifs is 1. The van der Waals surface area contributed by atoms with E-state index in [4.69, 9.17) is 4.52 Å². The molecule has 0 saturated carbocycles. The van der Waals surface area contributed by atoms with Crippen molar-refractivity contribution in [1.82, 2.24) is 10.1 Å². The Bertz CT molecular complexity index is 595. The molecule has 4 nitrogen and oxygen atoms in total. The molecule has 0 radical (unpaired) electrons. The minimum Gasteiger partial charge on any atom is -0.361 e. The summed E-state index contributed by atoms with van der Waals surface area (Å²) in [7, 11) is 0. The molecule has 2 aromatic rings. The van der Waals surface area contributed by atoms with Crippen LogP contribution in [0.1, 0.15) is 27.5 Å². The molecule has 100 valence electrons. The molecule has 0 unspecified atom stereocenters. The van der Waals surface area contributed by atoms with Gasteiger partial charge < -0.3 is 9.42 Å². The minimum atomic E-state index is 0.159. The Labute approximate surface area is 116 Å². The van der Waals surface area contributed by atoms with Crippen LogP contribution < -0.4 is 0 Å². The highest BCUT2D eigenvalue weighted by molar-refractivity contribution is 7.10. The highest BCUT2D eigenvalue weighted by Gasteiger charge is 2.23. The number of carbonyl (C=O) groups excluding carboxylic acids is 1. The summed E-state index contributed by atoms with van der Waals surface area (Å²) in [5, 5.41) is 6.00. The van der Waals surface area contributed by atoms with Crippen LogP contribution in [0.15, 0.2) is 16.0 Å². The molecule has 1 aliphatic heterocycles. The van der Waals surface area contributed by atoms with Crippen LogP contribution >= 0.6 is 11.3 Å². The number of hydrogen-bond acceptors (Lipinski definition) is 4. The maximum Gasteiger partial charge on any atom is 0.227 e. The van der Waals surface area contributed by atoms with Gasteiger partial charge in [0.05, 0.1) is 12.1 Å². The molecular formula is C14H16N2O2S. The Morgan fingerprint density at radius 2 is 2.37 bits per heavy atom.